The molecule has 1 aliphatic heterocycles. The van der Waals surface area contributed by atoms with Gasteiger partial charge in [0.25, 0.3) is 0 Å². The Morgan fingerprint density at radius 2 is 2.05 bits per heavy atom. The molecule has 5 nitrogen and oxygen atoms in total. The Morgan fingerprint density at radius 3 is 2.64 bits per heavy atom. The topological polar surface area (TPSA) is 59.6 Å². The number of rotatable bonds is 5. The molecule has 1 aromatic rings. The summed E-state index contributed by atoms with van der Waals surface area (Å²) in [5, 5.41) is 5.35. The maximum atomic E-state index is 12.4. The molecule has 0 unspecified atom stereocenters. The Morgan fingerprint density at radius 1 is 1.32 bits per heavy atom. The van der Waals surface area contributed by atoms with Gasteiger partial charge in [0.05, 0.1) is 24.8 Å². The quantitative estimate of drug-likeness (QED) is 0.818. The van der Waals surface area contributed by atoms with Gasteiger partial charge in [-0.1, -0.05) is 0 Å². The SMILES string of the molecule is O=C(NCCOc1ccc(C(F)(F)F)cc1)N[C@@H]1CCOC1. The third kappa shape index (κ3) is 5.10. The van der Waals surface area contributed by atoms with E-state index in [1.165, 1.54) is 12.1 Å². The van der Waals surface area contributed by atoms with Gasteiger partial charge in [0.2, 0.25) is 0 Å². The molecule has 8 heteroatoms. The summed E-state index contributed by atoms with van der Waals surface area (Å²) in [6.45, 7) is 1.57. The fourth-order valence-electron chi connectivity index (χ4n) is 1.96. The molecule has 2 amide bonds. The van der Waals surface area contributed by atoms with Gasteiger partial charge in [-0.05, 0) is 30.7 Å². The largest absolute Gasteiger partial charge is 0.492 e. The molecule has 2 rings (SSSR count). The second-order valence-electron chi connectivity index (χ2n) is 4.83. The van der Waals surface area contributed by atoms with E-state index in [2.05, 4.69) is 10.6 Å². The highest BCUT2D eigenvalue weighted by Crippen LogP contribution is 2.30. The minimum Gasteiger partial charge on any atom is -0.492 e. The molecule has 0 spiro atoms. The second-order valence-corrected chi connectivity index (χ2v) is 4.83. The Balaban J connectivity index is 1.64. The summed E-state index contributed by atoms with van der Waals surface area (Å²) in [5.41, 5.74) is -0.726. The number of carbonyl (C=O) groups is 1. The summed E-state index contributed by atoms with van der Waals surface area (Å²) in [4.78, 5) is 11.5. The van der Waals surface area contributed by atoms with Gasteiger partial charge in [-0.3, -0.25) is 0 Å². The zero-order chi connectivity index (χ0) is 16.0. The first-order valence-corrected chi connectivity index (χ1v) is 6.87. The van der Waals surface area contributed by atoms with Crippen LogP contribution in [0.4, 0.5) is 18.0 Å². The van der Waals surface area contributed by atoms with Crippen molar-refractivity contribution in [2.75, 3.05) is 26.4 Å². The van der Waals surface area contributed by atoms with Crippen molar-refractivity contribution in [2.24, 2.45) is 0 Å². The van der Waals surface area contributed by atoms with Crippen LogP contribution in [0.25, 0.3) is 0 Å². The average Bonchev–Trinajstić information content (AvgIpc) is 2.96. The molecule has 1 aromatic carbocycles. The highest BCUT2D eigenvalue weighted by molar-refractivity contribution is 5.74. The normalized spacial score (nSPS) is 18.0. The lowest BCUT2D eigenvalue weighted by Crippen LogP contribution is -2.43. The van der Waals surface area contributed by atoms with Gasteiger partial charge >= 0.3 is 12.2 Å². The smallest absolute Gasteiger partial charge is 0.416 e. The summed E-state index contributed by atoms with van der Waals surface area (Å²) in [5.74, 6) is 0.319. The van der Waals surface area contributed by atoms with E-state index in [0.717, 1.165) is 18.6 Å². The van der Waals surface area contributed by atoms with E-state index in [4.69, 9.17) is 9.47 Å². The molecule has 122 valence electrons. The first kappa shape index (κ1) is 16.4. The zero-order valence-corrected chi connectivity index (χ0v) is 11.8. The van der Waals surface area contributed by atoms with E-state index < -0.39 is 11.7 Å². The third-order valence-corrected chi connectivity index (χ3v) is 3.10. The lowest BCUT2D eigenvalue weighted by atomic mass is 10.2. The maximum absolute atomic E-state index is 12.4. The number of carbonyl (C=O) groups excluding carboxylic acids is 1. The standard InChI is InChI=1S/C14H17F3N2O3/c15-14(16,17)10-1-3-12(4-2-10)22-8-6-18-13(20)19-11-5-7-21-9-11/h1-4,11H,5-9H2,(H2,18,19,20)/t11-/m1/s1. The van der Waals surface area contributed by atoms with Crippen molar-refractivity contribution in [3.8, 4) is 5.75 Å². The van der Waals surface area contributed by atoms with Crippen molar-refractivity contribution < 1.29 is 27.4 Å². The van der Waals surface area contributed by atoms with Crippen molar-refractivity contribution >= 4 is 6.03 Å². The van der Waals surface area contributed by atoms with Gasteiger partial charge < -0.3 is 20.1 Å². The van der Waals surface area contributed by atoms with E-state index in [-0.39, 0.29) is 25.2 Å². The van der Waals surface area contributed by atoms with Gasteiger partial charge in [0.15, 0.2) is 0 Å². The van der Waals surface area contributed by atoms with Crippen LogP contribution in [-0.2, 0) is 10.9 Å². The lowest BCUT2D eigenvalue weighted by molar-refractivity contribution is -0.137. The number of benzene rings is 1. The van der Waals surface area contributed by atoms with Crippen LogP contribution in [0.3, 0.4) is 0 Å². The summed E-state index contributed by atoms with van der Waals surface area (Å²) < 4.78 is 47.5. The predicted octanol–water partition coefficient (Wildman–Crippen LogP) is 2.17. The highest BCUT2D eigenvalue weighted by Gasteiger charge is 2.30. The van der Waals surface area contributed by atoms with Crippen LogP contribution >= 0.6 is 0 Å². The van der Waals surface area contributed by atoms with E-state index in [9.17, 15) is 18.0 Å². The number of alkyl halides is 3. The third-order valence-electron chi connectivity index (χ3n) is 3.10. The number of hydrogen-bond donors (Lipinski definition) is 2. The average molecular weight is 318 g/mol. The Bertz CT molecular complexity index is 485. The summed E-state index contributed by atoms with van der Waals surface area (Å²) in [6.07, 6.45) is -3.57. The van der Waals surface area contributed by atoms with Gasteiger partial charge in [-0.25, -0.2) is 4.79 Å². The van der Waals surface area contributed by atoms with Crippen molar-refractivity contribution in [1.29, 1.82) is 0 Å². The van der Waals surface area contributed by atoms with E-state index in [1.807, 2.05) is 0 Å². The summed E-state index contributed by atoms with van der Waals surface area (Å²) in [7, 11) is 0. The Hall–Kier alpha value is -1.96. The highest BCUT2D eigenvalue weighted by atomic mass is 19.4. The number of amides is 2. The van der Waals surface area contributed by atoms with Crippen LogP contribution in [0.15, 0.2) is 24.3 Å². The molecule has 0 aliphatic carbocycles. The number of urea groups is 1. The fourth-order valence-corrected chi connectivity index (χ4v) is 1.96. The molecule has 1 heterocycles. The van der Waals surface area contributed by atoms with Gasteiger partial charge in [0, 0.05) is 6.61 Å². The van der Waals surface area contributed by atoms with Crippen LogP contribution in [0.5, 0.6) is 5.75 Å². The van der Waals surface area contributed by atoms with Crippen LogP contribution in [0.2, 0.25) is 0 Å². The summed E-state index contributed by atoms with van der Waals surface area (Å²) in [6, 6.07) is 4.12. The van der Waals surface area contributed by atoms with Crippen molar-refractivity contribution in [1.82, 2.24) is 10.6 Å². The molecule has 22 heavy (non-hydrogen) atoms. The molecule has 1 saturated heterocycles. The van der Waals surface area contributed by atoms with E-state index in [0.29, 0.717) is 19.0 Å². The molecule has 0 bridgehead atoms. The molecule has 1 fully saturated rings. The Labute approximate surface area is 125 Å². The molecule has 1 atom stereocenters. The molecular weight excluding hydrogens is 301 g/mol. The van der Waals surface area contributed by atoms with Crippen LogP contribution in [0.1, 0.15) is 12.0 Å². The Kier molecular flexibility index (Phi) is 5.48. The number of nitrogens with one attached hydrogen (secondary N) is 2. The molecule has 1 aliphatic rings. The first-order chi connectivity index (χ1) is 10.4. The second kappa shape index (κ2) is 7.35. The summed E-state index contributed by atoms with van der Waals surface area (Å²) >= 11 is 0. The molecule has 2 N–H and O–H groups in total. The number of ether oxygens (including phenoxy) is 2. The van der Waals surface area contributed by atoms with Crippen LogP contribution in [-0.4, -0.2) is 38.4 Å². The lowest BCUT2D eigenvalue weighted by Gasteiger charge is -2.12. The van der Waals surface area contributed by atoms with E-state index in [1.54, 1.807) is 0 Å². The molecule has 0 aromatic heterocycles. The fraction of sp³-hybridized carbons (Fsp3) is 0.500. The number of halogens is 3. The first-order valence-electron chi connectivity index (χ1n) is 6.87. The molecule has 0 radical (unpaired) electrons. The van der Waals surface area contributed by atoms with Gasteiger partial charge in [-0.2, -0.15) is 13.2 Å². The van der Waals surface area contributed by atoms with Crippen LogP contribution in [0, 0.1) is 0 Å². The molecular formula is C14H17F3N2O3. The van der Waals surface area contributed by atoms with Crippen molar-refractivity contribution in [3.63, 3.8) is 0 Å². The van der Waals surface area contributed by atoms with Crippen molar-refractivity contribution in [3.05, 3.63) is 29.8 Å². The predicted molar refractivity (Wildman–Crippen MR) is 72.7 cm³/mol. The zero-order valence-electron chi connectivity index (χ0n) is 11.8. The van der Waals surface area contributed by atoms with Gasteiger partial charge in [-0.15, -0.1) is 0 Å². The van der Waals surface area contributed by atoms with E-state index >= 15 is 0 Å². The minimum atomic E-state index is -4.36. The van der Waals surface area contributed by atoms with Crippen LogP contribution < -0.4 is 15.4 Å². The number of hydrogen-bond acceptors (Lipinski definition) is 3. The maximum Gasteiger partial charge on any atom is 0.416 e. The van der Waals surface area contributed by atoms with Gasteiger partial charge in [0.1, 0.15) is 12.4 Å². The minimum absolute atomic E-state index is 0.0239. The monoisotopic (exact) mass is 318 g/mol. The molecule has 0 saturated carbocycles. The van der Waals surface area contributed by atoms with Crippen molar-refractivity contribution in [2.45, 2.75) is 18.6 Å².